The predicted octanol–water partition coefficient (Wildman–Crippen LogP) is -10.7. The quantitative estimate of drug-likeness (QED) is 0.268. The first-order valence-corrected chi connectivity index (χ1v) is 7.22. The zero-order chi connectivity index (χ0) is 10.7. The number of hydrogen-bond acceptors (Lipinski definition) is 9. The summed E-state index contributed by atoms with van der Waals surface area (Å²) >= 11 is -10.9. The average Bonchev–Trinajstić information content (AvgIpc) is 1.54. The molecule has 0 atom stereocenters. The van der Waals surface area contributed by atoms with Crippen LogP contribution in [0.15, 0.2) is 0 Å². The van der Waals surface area contributed by atoms with Crippen LogP contribution >= 0.6 is 0 Å². The molecule has 13 heavy (non-hydrogen) atoms. The molecular weight excluding hydrogens is 576 g/mol. The van der Waals surface area contributed by atoms with E-state index in [0.29, 0.717) is 0 Å². The minimum atomic E-state index is -3.65. The van der Waals surface area contributed by atoms with E-state index in [1.807, 2.05) is 0 Å². The summed E-state index contributed by atoms with van der Waals surface area (Å²) in [5.41, 5.74) is 0. The fourth-order valence-corrected chi connectivity index (χ4v) is 0. The van der Waals surface area contributed by atoms with Crippen molar-refractivity contribution in [3.05, 3.63) is 0 Å². The zero-order valence-corrected chi connectivity index (χ0v) is 12.3. The average molecular weight is 576 g/mol. The van der Waals surface area contributed by atoms with Crippen LogP contribution in [-0.4, -0.2) is 0 Å². The summed E-state index contributed by atoms with van der Waals surface area (Å²) in [4.78, 5) is 0. The minimum Gasteiger partial charge on any atom is -0.405 e. The number of hydrogen-bond donors (Lipinski definition) is 0. The molecule has 0 aliphatic carbocycles. The summed E-state index contributed by atoms with van der Waals surface area (Å²) < 4.78 is 76.7. The molecule has 0 fully saturated rings. The Labute approximate surface area is 102 Å². The van der Waals surface area contributed by atoms with Crippen LogP contribution in [0.1, 0.15) is 0 Å². The van der Waals surface area contributed by atoms with Gasteiger partial charge in [0.25, 0.3) is 0 Å². The van der Waals surface area contributed by atoms with Gasteiger partial charge in [-0.05, 0) is 0 Å². The number of halogens is 3. The fourth-order valence-electron chi connectivity index (χ4n) is 0. The molecule has 0 heterocycles. The summed E-state index contributed by atoms with van der Waals surface area (Å²) in [5, 5.41) is 0. The van der Waals surface area contributed by atoms with Gasteiger partial charge in [0.15, 0.2) is 0 Å². The van der Waals surface area contributed by atoms with E-state index in [-0.39, 0.29) is 20.1 Å². The van der Waals surface area contributed by atoms with E-state index in [1.165, 1.54) is 0 Å². The van der Waals surface area contributed by atoms with Crippen LogP contribution in [0.2, 0.25) is 0 Å². The molecule has 0 aromatic rings. The van der Waals surface area contributed by atoms with Gasteiger partial charge in [0.2, 0.25) is 44.4 Å². The van der Waals surface area contributed by atoms with Crippen LogP contribution in [-0.2, 0) is 20.1 Å². The molecule has 84 valence electrons. The molecule has 0 aliphatic heterocycles. The van der Waals surface area contributed by atoms with Crippen molar-refractivity contribution in [3.8, 4) is 0 Å². The molecule has 0 spiro atoms. The molecule has 0 N–H and O–H groups in total. The Hall–Kier alpha value is 1.73. The van der Waals surface area contributed by atoms with Gasteiger partial charge in [-0.2, -0.15) is 0 Å². The molecule has 0 rings (SSSR count). The van der Waals surface area contributed by atoms with E-state index >= 15 is 0 Å². The molecular formula is Br3IrO9. The van der Waals surface area contributed by atoms with Crippen molar-refractivity contribution in [2.75, 3.05) is 0 Å². The Balaban J connectivity index is -0.0000000450. The van der Waals surface area contributed by atoms with Gasteiger partial charge in [-0.15, -0.1) is 0 Å². The zero-order valence-electron chi connectivity index (χ0n) is 5.14. The van der Waals surface area contributed by atoms with Crippen LogP contribution in [0.4, 0.5) is 0 Å². The van der Waals surface area contributed by atoms with E-state index in [4.69, 9.17) is 37.8 Å². The van der Waals surface area contributed by atoms with Gasteiger partial charge in [0.1, 0.15) is 0 Å². The largest absolute Gasteiger partial charge is 3.00 e. The summed E-state index contributed by atoms with van der Waals surface area (Å²) in [6.07, 6.45) is 0. The summed E-state index contributed by atoms with van der Waals surface area (Å²) in [6, 6.07) is 0. The van der Waals surface area contributed by atoms with E-state index in [0.717, 1.165) is 0 Å². The second-order valence-corrected chi connectivity index (χ2v) is 2.95. The molecule has 0 radical (unpaired) electrons. The van der Waals surface area contributed by atoms with Crippen LogP contribution in [0.25, 0.3) is 0 Å². The summed E-state index contributed by atoms with van der Waals surface area (Å²) in [6.45, 7) is 0. The fraction of sp³-hybridized carbons (Fsp3) is 0. The smallest absolute Gasteiger partial charge is 0.405 e. The molecule has 0 aliphatic rings. The molecule has 0 aromatic heterocycles. The van der Waals surface area contributed by atoms with Crippen molar-refractivity contribution in [2.45, 2.75) is 0 Å². The van der Waals surface area contributed by atoms with E-state index < -0.39 is 44.4 Å². The Morgan fingerprint density at radius 2 is 0.385 bits per heavy atom. The first kappa shape index (κ1) is 24.1. The van der Waals surface area contributed by atoms with E-state index in [1.54, 1.807) is 0 Å². The first-order chi connectivity index (χ1) is 5.20. The van der Waals surface area contributed by atoms with Gasteiger partial charge in [0, 0.05) is 0 Å². The first-order valence-electron chi connectivity index (χ1n) is 1.39. The molecule has 0 amide bonds. The van der Waals surface area contributed by atoms with Crippen molar-refractivity contribution >= 4 is 0 Å². The molecule has 13 heteroatoms. The van der Waals surface area contributed by atoms with Gasteiger partial charge < -0.3 is 37.8 Å². The topological polar surface area (TPSA) is 208 Å². The Morgan fingerprint density at radius 1 is 0.385 bits per heavy atom. The Bertz CT molecular complexity index is 43.4. The summed E-state index contributed by atoms with van der Waals surface area (Å²) in [5.74, 6) is 0. The van der Waals surface area contributed by atoms with Crippen molar-refractivity contribution in [1.82, 2.24) is 0 Å². The monoisotopic (exact) mass is 574 g/mol. The molecule has 0 saturated heterocycles. The van der Waals surface area contributed by atoms with Crippen LogP contribution in [0.3, 0.4) is 0 Å². The second-order valence-electron chi connectivity index (χ2n) is 0.567. The van der Waals surface area contributed by atoms with E-state index in [9.17, 15) is 0 Å². The van der Waals surface area contributed by atoms with Crippen molar-refractivity contribution < 1.29 is 102 Å². The standard InChI is InChI=1S/3BrO3.Ir/c3*2-1(3)4;/q3*-1;+3. The third kappa shape index (κ3) is 632. The SMILES string of the molecule is [Ir+3].[O-][Br+2]([O-])[O-].[O-][Br+2]([O-])[O-].[O-][Br+2]([O-])[O-]. The van der Waals surface area contributed by atoms with Crippen molar-refractivity contribution in [3.63, 3.8) is 0 Å². The molecule has 0 aromatic carbocycles. The summed E-state index contributed by atoms with van der Waals surface area (Å²) in [7, 11) is 0. The van der Waals surface area contributed by atoms with Crippen LogP contribution in [0.5, 0.6) is 0 Å². The maximum Gasteiger partial charge on any atom is 3.00 e. The van der Waals surface area contributed by atoms with Crippen molar-refractivity contribution in [2.24, 2.45) is 0 Å². The molecule has 0 unspecified atom stereocenters. The minimum absolute atomic E-state index is 0. The maximum atomic E-state index is 8.52. The van der Waals surface area contributed by atoms with Crippen LogP contribution < -0.4 is 37.8 Å². The molecule has 9 nitrogen and oxygen atoms in total. The molecule has 0 bridgehead atoms. The van der Waals surface area contributed by atoms with Gasteiger partial charge in [-0.25, -0.2) is 0 Å². The third-order valence-corrected chi connectivity index (χ3v) is 0. The van der Waals surface area contributed by atoms with Gasteiger partial charge >= 0.3 is 20.1 Å². The van der Waals surface area contributed by atoms with Crippen molar-refractivity contribution in [1.29, 1.82) is 0 Å². The van der Waals surface area contributed by atoms with E-state index in [2.05, 4.69) is 0 Å². The van der Waals surface area contributed by atoms with Crippen LogP contribution in [0, 0.1) is 44.4 Å². The van der Waals surface area contributed by atoms with Gasteiger partial charge in [-0.3, -0.25) is 0 Å². The molecule has 0 saturated carbocycles. The second kappa shape index (κ2) is 19.3. The number of rotatable bonds is 0. The third-order valence-electron chi connectivity index (χ3n) is 0. The van der Waals surface area contributed by atoms with Gasteiger partial charge in [0.05, 0.1) is 0 Å². The maximum absolute atomic E-state index is 8.52. The Kier molecular flexibility index (Phi) is 35.9. The Morgan fingerprint density at radius 3 is 0.385 bits per heavy atom. The van der Waals surface area contributed by atoms with Gasteiger partial charge in [-0.1, -0.05) is 0 Å². The normalized spacial score (nSPS) is 8.31. The predicted molar refractivity (Wildman–Crippen MR) is 0 cm³/mol.